The van der Waals surface area contributed by atoms with Crippen molar-refractivity contribution >= 4 is 21.6 Å². The number of rotatable bonds is 8. The molecule has 0 saturated carbocycles. The van der Waals surface area contributed by atoms with Crippen LogP contribution in [0.1, 0.15) is 12.0 Å². The van der Waals surface area contributed by atoms with Gasteiger partial charge in [-0.05, 0) is 65.1 Å². The highest BCUT2D eigenvalue weighted by Crippen LogP contribution is 2.30. The zero-order valence-electron chi connectivity index (χ0n) is 16.9. The lowest BCUT2D eigenvalue weighted by Crippen LogP contribution is -2.46. The molecular formula is C22H29BrN2O3. The number of benzene rings is 2. The number of methoxy groups -OCH3 is 3. The molecule has 3 rings (SSSR count). The standard InChI is InChI=1S/C22H29BrN2O3/c1-26-20-9-6-17(15-22(20)28-3)5-4-10-24-11-13-25(14-12-24)18-7-8-19(23)21(16-18)27-2/h6-9,15-16H,4-5,10-14H2,1-3H3. The molecule has 0 amide bonds. The Kier molecular flexibility index (Phi) is 7.45. The molecule has 0 N–H and O–H groups in total. The second-order valence-corrected chi connectivity index (χ2v) is 7.79. The molecule has 6 heteroatoms. The molecule has 0 spiro atoms. The Morgan fingerprint density at radius 2 is 1.54 bits per heavy atom. The van der Waals surface area contributed by atoms with Crippen molar-refractivity contribution in [3.05, 3.63) is 46.4 Å². The maximum Gasteiger partial charge on any atom is 0.160 e. The van der Waals surface area contributed by atoms with Crippen molar-refractivity contribution in [3.63, 3.8) is 0 Å². The van der Waals surface area contributed by atoms with Crippen LogP contribution in [0.5, 0.6) is 17.2 Å². The molecule has 152 valence electrons. The van der Waals surface area contributed by atoms with Gasteiger partial charge in [-0.2, -0.15) is 0 Å². The Morgan fingerprint density at radius 1 is 0.821 bits per heavy atom. The first kappa shape index (κ1) is 20.8. The molecule has 2 aromatic rings. The molecular weight excluding hydrogens is 420 g/mol. The lowest BCUT2D eigenvalue weighted by Gasteiger charge is -2.36. The van der Waals surface area contributed by atoms with Gasteiger partial charge in [-0.15, -0.1) is 0 Å². The first-order valence-corrected chi connectivity index (χ1v) is 10.5. The van der Waals surface area contributed by atoms with Crippen molar-refractivity contribution in [1.29, 1.82) is 0 Å². The number of aryl methyl sites for hydroxylation is 1. The third kappa shape index (κ3) is 5.11. The predicted molar refractivity (Wildman–Crippen MR) is 117 cm³/mol. The summed E-state index contributed by atoms with van der Waals surface area (Å²) < 4.78 is 17.1. The summed E-state index contributed by atoms with van der Waals surface area (Å²) in [5.74, 6) is 2.47. The van der Waals surface area contributed by atoms with E-state index < -0.39 is 0 Å². The number of ether oxygens (including phenoxy) is 3. The van der Waals surface area contributed by atoms with E-state index in [0.717, 1.165) is 67.3 Å². The van der Waals surface area contributed by atoms with Crippen LogP contribution in [0.15, 0.2) is 40.9 Å². The Morgan fingerprint density at radius 3 is 2.21 bits per heavy atom. The van der Waals surface area contributed by atoms with Gasteiger partial charge in [0.2, 0.25) is 0 Å². The van der Waals surface area contributed by atoms with Gasteiger partial charge in [0.05, 0.1) is 25.8 Å². The van der Waals surface area contributed by atoms with Gasteiger partial charge in [-0.1, -0.05) is 6.07 Å². The average Bonchev–Trinajstić information content (AvgIpc) is 2.74. The van der Waals surface area contributed by atoms with Gasteiger partial charge in [-0.3, -0.25) is 4.90 Å². The van der Waals surface area contributed by atoms with E-state index in [1.807, 2.05) is 6.07 Å². The van der Waals surface area contributed by atoms with Crippen molar-refractivity contribution < 1.29 is 14.2 Å². The Labute approximate surface area is 176 Å². The molecule has 28 heavy (non-hydrogen) atoms. The lowest BCUT2D eigenvalue weighted by atomic mass is 10.1. The van der Waals surface area contributed by atoms with E-state index in [4.69, 9.17) is 14.2 Å². The summed E-state index contributed by atoms with van der Waals surface area (Å²) in [6.07, 6.45) is 2.19. The SMILES string of the molecule is COc1cc(N2CCN(CCCc3ccc(OC)c(OC)c3)CC2)ccc1Br. The van der Waals surface area contributed by atoms with E-state index in [0.29, 0.717) is 0 Å². The van der Waals surface area contributed by atoms with Gasteiger partial charge in [0.25, 0.3) is 0 Å². The molecule has 1 heterocycles. The van der Waals surface area contributed by atoms with Crippen LogP contribution in [0.4, 0.5) is 5.69 Å². The maximum atomic E-state index is 5.42. The molecule has 0 atom stereocenters. The molecule has 1 fully saturated rings. The van der Waals surface area contributed by atoms with Crippen LogP contribution in [-0.4, -0.2) is 59.0 Å². The summed E-state index contributed by atoms with van der Waals surface area (Å²) >= 11 is 3.52. The van der Waals surface area contributed by atoms with Crippen LogP contribution in [0.25, 0.3) is 0 Å². The topological polar surface area (TPSA) is 34.2 Å². The van der Waals surface area contributed by atoms with Gasteiger partial charge < -0.3 is 19.1 Å². The van der Waals surface area contributed by atoms with Crippen LogP contribution < -0.4 is 19.1 Å². The normalized spacial score (nSPS) is 14.8. The minimum absolute atomic E-state index is 0.784. The van der Waals surface area contributed by atoms with Crippen LogP contribution in [-0.2, 0) is 6.42 Å². The Balaban J connectivity index is 1.46. The third-order valence-corrected chi connectivity index (χ3v) is 5.92. The van der Waals surface area contributed by atoms with Gasteiger partial charge in [0.1, 0.15) is 5.75 Å². The summed E-state index contributed by atoms with van der Waals surface area (Å²) in [4.78, 5) is 4.98. The van der Waals surface area contributed by atoms with E-state index in [2.05, 4.69) is 56.1 Å². The van der Waals surface area contributed by atoms with Gasteiger partial charge in [-0.25, -0.2) is 0 Å². The van der Waals surface area contributed by atoms with Crippen LogP contribution >= 0.6 is 15.9 Å². The monoisotopic (exact) mass is 448 g/mol. The van der Waals surface area contributed by atoms with Crippen LogP contribution in [0.3, 0.4) is 0 Å². The largest absolute Gasteiger partial charge is 0.495 e. The Hall–Kier alpha value is -1.92. The molecule has 0 aliphatic carbocycles. The van der Waals surface area contributed by atoms with E-state index in [9.17, 15) is 0 Å². The fourth-order valence-electron chi connectivity index (χ4n) is 3.62. The molecule has 2 aromatic carbocycles. The van der Waals surface area contributed by atoms with Crippen LogP contribution in [0.2, 0.25) is 0 Å². The average molecular weight is 449 g/mol. The van der Waals surface area contributed by atoms with Crippen molar-refractivity contribution in [1.82, 2.24) is 4.90 Å². The lowest BCUT2D eigenvalue weighted by molar-refractivity contribution is 0.255. The molecule has 1 saturated heterocycles. The molecule has 0 bridgehead atoms. The smallest absolute Gasteiger partial charge is 0.160 e. The number of nitrogens with zero attached hydrogens (tertiary/aromatic N) is 2. The van der Waals surface area contributed by atoms with Gasteiger partial charge in [0, 0.05) is 37.9 Å². The molecule has 1 aliphatic heterocycles. The fourth-order valence-corrected chi connectivity index (χ4v) is 4.03. The maximum absolute atomic E-state index is 5.42. The van der Waals surface area contributed by atoms with Crippen LogP contribution in [0, 0.1) is 0 Å². The number of piperazine rings is 1. The van der Waals surface area contributed by atoms with Crippen molar-refractivity contribution in [2.24, 2.45) is 0 Å². The van der Waals surface area contributed by atoms with Crippen molar-refractivity contribution in [3.8, 4) is 17.2 Å². The predicted octanol–water partition coefficient (Wildman–Crippen LogP) is 4.23. The second kappa shape index (κ2) is 10.0. The zero-order valence-corrected chi connectivity index (χ0v) is 18.5. The van der Waals surface area contributed by atoms with Crippen molar-refractivity contribution in [2.45, 2.75) is 12.8 Å². The number of halogens is 1. The highest BCUT2D eigenvalue weighted by atomic mass is 79.9. The van der Waals surface area contributed by atoms with E-state index in [-0.39, 0.29) is 0 Å². The zero-order chi connectivity index (χ0) is 19.9. The van der Waals surface area contributed by atoms with Crippen molar-refractivity contribution in [2.75, 3.05) is 59.0 Å². The number of anilines is 1. The van der Waals surface area contributed by atoms with E-state index in [1.54, 1.807) is 21.3 Å². The summed E-state index contributed by atoms with van der Waals surface area (Å²) in [5, 5.41) is 0. The third-order valence-electron chi connectivity index (χ3n) is 5.26. The summed E-state index contributed by atoms with van der Waals surface area (Å²) in [6, 6.07) is 12.5. The minimum Gasteiger partial charge on any atom is -0.495 e. The summed E-state index contributed by atoms with van der Waals surface area (Å²) in [6.45, 7) is 5.38. The summed E-state index contributed by atoms with van der Waals surface area (Å²) in [5.41, 5.74) is 2.52. The molecule has 0 aromatic heterocycles. The molecule has 0 unspecified atom stereocenters. The highest BCUT2D eigenvalue weighted by Gasteiger charge is 2.18. The quantitative estimate of drug-likeness (QED) is 0.603. The first-order valence-electron chi connectivity index (χ1n) is 9.66. The minimum atomic E-state index is 0.784. The molecule has 1 aliphatic rings. The molecule has 5 nitrogen and oxygen atoms in total. The van der Waals surface area contributed by atoms with Gasteiger partial charge in [0.15, 0.2) is 11.5 Å². The number of hydrogen-bond donors (Lipinski definition) is 0. The van der Waals surface area contributed by atoms with E-state index >= 15 is 0 Å². The van der Waals surface area contributed by atoms with Gasteiger partial charge >= 0.3 is 0 Å². The first-order chi connectivity index (χ1) is 13.6. The second-order valence-electron chi connectivity index (χ2n) is 6.94. The summed E-state index contributed by atoms with van der Waals surface area (Å²) in [7, 11) is 5.06. The highest BCUT2D eigenvalue weighted by molar-refractivity contribution is 9.10. The fraction of sp³-hybridized carbons (Fsp3) is 0.455. The Bertz CT molecular complexity index is 776. The molecule has 0 radical (unpaired) electrons. The van der Waals surface area contributed by atoms with E-state index in [1.165, 1.54) is 11.3 Å². The number of hydrogen-bond acceptors (Lipinski definition) is 5.